The third-order valence-corrected chi connectivity index (χ3v) is 6.78. The maximum absolute atomic E-state index is 12.7. The largest absolute Gasteiger partial charge is 0.494 e. The monoisotopic (exact) mass is 516 g/mol. The Hall–Kier alpha value is -3.90. The molecule has 0 radical (unpaired) electrons. The summed E-state index contributed by atoms with van der Waals surface area (Å²) in [5.74, 6) is -1.43. The quantitative estimate of drug-likeness (QED) is 0.334. The molecule has 0 spiro atoms. The zero-order chi connectivity index (χ0) is 26.7. The second-order valence-electron chi connectivity index (χ2n) is 8.99. The Kier molecular flexibility index (Phi) is 7.70. The molecular formula is C24H28N4O7S. The lowest BCUT2D eigenvalue weighted by Crippen LogP contribution is -2.32. The minimum absolute atomic E-state index is 0.119. The number of alkyl carbamates (subject to hydrolysis) is 1. The molecule has 0 aliphatic heterocycles. The Balaban J connectivity index is 1.90. The van der Waals surface area contributed by atoms with Gasteiger partial charge in [0.1, 0.15) is 12.1 Å². The van der Waals surface area contributed by atoms with Crippen molar-refractivity contribution in [1.82, 2.24) is 14.6 Å². The number of aromatic nitrogens is 1. The SMILES string of the molecule is CN(CC(=O)O)S(=O)(=O)c1cccc(N=Cc2c(O)[nH]c3cccc(CNC(=O)OC(C)(C)C)c23)c1. The Morgan fingerprint density at radius 1 is 1.19 bits per heavy atom. The van der Waals surface area contributed by atoms with Gasteiger partial charge >= 0.3 is 12.1 Å². The van der Waals surface area contributed by atoms with E-state index in [1.807, 2.05) is 0 Å². The number of sulfonamides is 1. The molecule has 0 saturated carbocycles. The van der Waals surface area contributed by atoms with E-state index >= 15 is 0 Å². The van der Waals surface area contributed by atoms with Crippen LogP contribution in [0.5, 0.6) is 5.88 Å². The summed E-state index contributed by atoms with van der Waals surface area (Å²) in [6, 6.07) is 11.0. The Labute approximate surface area is 208 Å². The number of aromatic amines is 1. The molecule has 3 aromatic rings. The van der Waals surface area contributed by atoms with Crippen molar-refractivity contribution in [3.8, 4) is 5.88 Å². The molecule has 12 heteroatoms. The topological polar surface area (TPSA) is 161 Å². The molecule has 1 aromatic heterocycles. The number of ether oxygens (including phenoxy) is 1. The molecule has 0 aliphatic rings. The number of hydrogen-bond acceptors (Lipinski definition) is 7. The number of nitrogens with zero attached hydrogens (tertiary/aromatic N) is 2. The fourth-order valence-corrected chi connectivity index (χ4v) is 4.57. The molecule has 0 bridgehead atoms. The minimum atomic E-state index is -4.04. The van der Waals surface area contributed by atoms with E-state index in [1.54, 1.807) is 45.0 Å². The van der Waals surface area contributed by atoms with E-state index < -0.39 is 34.2 Å². The average molecular weight is 517 g/mol. The first-order chi connectivity index (χ1) is 16.8. The molecule has 0 saturated heterocycles. The summed E-state index contributed by atoms with van der Waals surface area (Å²) in [7, 11) is -2.86. The van der Waals surface area contributed by atoms with E-state index in [2.05, 4.69) is 15.3 Å². The molecular weight excluding hydrogens is 488 g/mol. The summed E-state index contributed by atoms with van der Waals surface area (Å²) >= 11 is 0. The lowest BCUT2D eigenvalue weighted by atomic mass is 10.1. The predicted octanol–water partition coefficient (Wildman–Crippen LogP) is 3.35. The van der Waals surface area contributed by atoms with Gasteiger partial charge in [0.05, 0.1) is 16.1 Å². The van der Waals surface area contributed by atoms with Crippen molar-refractivity contribution in [2.45, 2.75) is 37.8 Å². The number of aromatic hydroxyl groups is 1. The van der Waals surface area contributed by atoms with Gasteiger partial charge in [0, 0.05) is 30.7 Å². The van der Waals surface area contributed by atoms with E-state index in [1.165, 1.54) is 31.5 Å². The number of hydrogen-bond donors (Lipinski definition) is 4. The molecule has 11 nitrogen and oxygen atoms in total. The Morgan fingerprint density at radius 3 is 2.56 bits per heavy atom. The molecule has 3 rings (SSSR count). The number of amides is 1. The number of aliphatic carboxylic acids is 1. The van der Waals surface area contributed by atoms with Crippen LogP contribution in [0.15, 0.2) is 52.4 Å². The van der Waals surface area contributed by atoms with Gasteiger partial charge in [0.25, 0.3) is 0 Å². The van der Waals surface area contributed by atoms with Gasteiger partial charge in [-0.1, -0.05) is 18.2 Å². The van der Waals surface area contributed by atoms with Gasteiger partial charge in [-0.2, -0.15) is 4.31 Å². The van der Waals surface area contributed by atoms with E-state index in [0.29, 0.717) is 22.0 Å². The van der Waals surface area contributed by atoms with Crippen LogP contribution in [0, 0.1) is 0 Å². The van der Waals surface area contributed by atoms with Crippen LogP contribution in [0.2, 0.25) is 0 Å². The van der Waals surface area contributed by atoms with Crippen LogP contribution < -0.4 is 5.32 Å². The first-order valence-corrected chi connectivity index (χ1v) is 12.3. The van der Waals surface area contributed by atoms with Crippen LogP contribution in [0.3, 0.4) is 0 Å². The number of H-pyrrole nitrogens is 1. The molecule has 1 heterocycles. The lowest BCUT2D eigenvalue weighted by Gasteiger charge is -2.19. The summed E-state index contributed by atoms with van der Waals surface area (Å²) < 4.78 is 31.3. The summed E-state index contributed by atoms with van der Waals surface area (Å²) in [5, 5.41) is 22.7. The highest BCUT2D eigenvalue weighted by Crippen LogP contribution is 2.30. The van der Waals surface area contributed by atoms with Crippen molar-refractivity contribution in [3.63, 3.8) is 0 Å². The molecule has 1 amide bonds. The van der Waals surface area contributed by atoms with Crippen molar-refractivity contribution >= 4 is 44.9 Å². The molecule has 0 fully saturated rings. The van der Waals surface area contributed by atoms with Gasteiger partial charge in [-0.3, -0.25) is 9.79 Å². The van der Waals surface area contributed by atoms with Crippen LogP contribution in [0.25, 0.3) is 10.9 Å². The average Bonchev–Trinajstić information content (AvgIpc) is 3.10. The fraction of sp³-hybridized carbons (Fsp3) is 0.292. The Morgan fingerprint density at radius 2 is 1.89 bits per heavy atom. The second-order valence-corrected chi connectivity index (χ2v) is 11.0. The van der Waals surface area contributed by atoms with Crippen molar-refractivity contribution in [3.05, 3.63) is 53.6 Å². The highest BCUT2D eigenvalue weighted by atomic mass is 32.2. The number of fused-ring (bicyclic) bond motifs is 1. The molecule has 2 aromatic carbocycles. The van der Waals surface area contributed by atoms with Crippen LogP contribution >= 0.6 is 0 Å². The summed E-state index contributed by atoms with van der Waals surface area (Å²) in [6.45, 7) is 4.73. The normalized spacial score (nSPS) is 12.4. The van der Waals surface area contributed by atoms with Gasteiger partial charge < -0.3 is 25.3 Å². The number of carbonyl (C=O) groups is 2. The maximum Gasteiger partial charge on any atom is 0.407 e. The number of carboxylic acid groups (broad SMARTS) is 1. The van der Waals surface area contributed by atoms with Crippen LogP contribution in [-0.2, 0) is 26.1 Å². The minimum Gasteiger partial charge on any atom is -0.494 e. The third kappa shape index (κ3) is 6.40. The van der Waals surface area contributed by atoms with Gasteiger partial charge in [-0.15, -0.1) is 0 Å². The first kappa shape index (κ1) is 26.7. The van der Waals surface area contributed by atoms with Gasteiger partial charge in [-0.05, 0) is 50.6 Å². The molecule has 0 aliphatic carbocycles. The van der Waals surface area contributed by atoms with Crippen molar-refractivity contribution in [2.24, 2.45) is 4.99 Å². The number of aliphatic imine (C=N–C) groups is 1. The Bertz CT molecular complexity index is 1420. The maximum atomic E-state index is 12.7. The third-order valence-electron chi connectivity index (χ3n) is 4.98. The number of likely N-dealkylation sites (N-methyl/N-ethyl adjacent to an activating group) is 1. The standard InChI is InChI=1S/C24H28N4O7S/c1-24(2,3)35-23(32)26-12-15-7-5-10-19-21(15)18(22(31)27-19)13-25-16-8-6-9-17(11-16)36(33,34)28(4)14-20(29)30/h5-11,13,27,31H,12,14H2,1-4H3,(H,26,32)(H,29,30). The van der Waals surface area contributed by atoms with Crippen LogP contribution in [-0.4, -0.2) is 65.4 Å². The molecule has 4 N–H and O–H groups in total. The van der Waals surface area contributed by atoms with Gasteiger partial charge in [-0.25, -0.2) is 13.2 Å². The van der Waals surface area contributed by atoms with Gasteiger partial charge in [0.15, 0.2) is 5.88 Å². The predicted molar refractivity (Wildman–Crippen MR) is 134 cm³/mol. The number of carbonyl (C=O) groups excluding carboxylic acids is 1. The lowest BCUT2D eigenvalue weighted by molar-refractivity contribution is -0.137. The molecule has 0 atom stereocenters. The van der Waals surface area contributed by atoms with E-state index in [9.17, 15) is 23.1 Å². The zero-order valence-electron chi connectivity index (χ0n) is 20.3. The summed E-state index contributed by atoms with van der Waals surface area (Å²) in [5.41, 5.74) is 1.29. The highest BCUT2D eigenvalue weighted by Gasteiger charge is 2.23. The van der Waals surface area contributed by atoms with Gasteiger partial charge in [0.2, 0.25) is 10.0 Å². The number of nitrogens with one attached hydrogen (secondary N) is 2. The van der Waals surface area contributed by atoms with E-state index in [0.717, 1.165) is 4.31 Å². The summed E-state index contributed by atoms with van der Waals surface area (Å²) in [6.07, 6.45) is 0.804. The van der Waals surface area contributed by atoms with Crippen molar-refractivity contribution in [1.29, 1.82) is 0 Å². The first-order valence-electron chi connectivity index (χ1n) is 10.9. The number of rotatable bonds is 8. The summed E-state index contributed by atoms with van der Waals surface area (Å²) in [4.78, 5) is 30.1. The number of benzene rings is 2. The fourth-order valence-electron chi connectivity index (χ4n) is 3.41. The van der Waals surface area contributed by atoms with E-state index in [4.69, 9.17) is 9.84 Å². The highest BCUT2D eigenvalue weighted by molar-refractivity contribution is 7.89. The van der Waals surface area contributed by atoms with Crippen molar-refractivity contribution < 1.29 is 33.0 Å². The van der Waals surface area contributed by atoms with Crippen LogP contribution in [0.4, 0.5) is 10.5 Å². The second kappa shape index (κ2) is 10.4. The van der Waals surface area contributed by atoms with Crippen molar-refractivity contribution in [2.75, 3.05) is 13.6 Å². The van der Waals surface area contributed by atoms with Crippen LogP contribution in [0.1, 0.15) is 31.9 Å². The molecule has 0 unspecified atom stereocenters. The smallest absolute Gasteiger partial charge is 0.407 e. The number of carboxylic acids is 1. The van der Waals surface area contributed by atoms with E-state index in [-0.39, 0.29) is 23.0 Å². The zero-order valence-corrected chi connectivity index (χ0v) is 21.1. The molecule has 36 heavy (non-hydrogen) atoms. The molecule has 192 valence electrons.